The first-order valence-corrected chi connectivity index (χ1v) is 14.8. The maximum Gasteiger partial charge on any atom is 0.292 e. The van der Waals surface area contributed by atoms with Gasteiger partial charge in [-0.3, -0.25) is 9.78 Å². The molecule has 0 saturated carbocycles. The lowest BCUT2D eigenvalue weighted by Gasteiger charge is -2.38. The standard InChI is InChI=1S/C25H29N9O4S/c1-3-19(35)18-7-4-13(10-27-18)17-11-30-34-22(26)21(39(2,37)38)20(31-24(17)34)14-8-15-5-6-16(9-14)33(15)25(36)23-28-12-29-32-23/h4,7,10-12,14-16,19,35H,3,5-6,8-9,26H2,1-2H3,(H,28,29,32)/t14-,15+,16-,19?. The van der Waals surface area contributed by atoms with E-state index in [1.54, 1.807) is 18.5 Å². The van der Waals surface area contributed by atoms with Crippen molar-refractivity contribution in [2.45, 2.75) is 68.0 Å². The van der Waals surface area contributed by atoms with Crippen LogP contribution >= 0.6 is 0 Å². The zero-order valence-electron chi connectivity index (χ0n) is 21.5. The van der Waals surface area contributed by atoms with Crippen LogP contribution < -0.4 is 5.73 Å². The van der Waals surface area contributed by atoms with Crippen molar-refractivity contribution >= 4 is 27.2 Å². The second-order valence-electron chi connectivity index (χ2n) is 10.3. The van der Waals surface area contributed by atoms with Crippen LogP contribution in [-0.4, -0.2) is 77.4 Å². The predicted octanol–water partition coefficient (Wildman–Crippen LogP) is 1.89. The molecule has 2 fully saturated rings. The number of nitrogens with two attached hydrogens (primary N) is 1. The van der Waals surface area contributed by atoms with Crippen LogP contribution in [0.1, 0.15) is 73.1 Å². The summed E-state index contributed by atoms with van der Waals surface area (Å²) in [5.41, 5.74) is 9.21. The topological polar surface area (TPSA) is 185 Å². The molecule has 0 aliphatic carbocycles. The summed E-state index contributed by atoms with van der Waals surface area (Å²) in [4.78, 5) is 27.0. The van der Waals surface area contributed by atoms with Crippen molar-refractivity contribution < 1.29 is 18.3 Å². The molecule has 0 aromatic carbocycles. The van der Waals surface area contributed by atoms with Gasteiger partial charge in [-0.25, -0.2) is 13.4 Å². The average Bonchev–Trinajstić information content (AvgIpc) is 3.65. The highest BCUT2D eigenvalue weighted by Crippen LogP contribution is 2.45. The number of carbonyl (C=O) groups excluding carboxylic acids is 1. The van der Waals surface area contributed by atoms with Crippen LogP contribution in [0.15, 0.2) is 35.7 Å². The van der Waals surface area contributed by atoms with Gasteiger partial charge in [0, 0.05) is 41.6 Å². The van der Waals surface area contributed by atoms with Gasteiger partial charge in [-0.2, -0.15) is 9.61 Å². The maximum atomic E-state index is 13.1. The molecule has 0 radical (unpaired) electrons. The minimum atomic E-state index is -3.75. The number of fused-ring (bicyclic) bond motifs is 3. The summed E-state index contributed by atoms with van der Waals surface area (Å²) in [5.74, 6) is -0.226. The molecular weight excluding hydrogens is 522 g/mol. The number of H-pyrrole nitrogens is 1. The van der Waals surface area contributed by atoms with E-state index in [0.717, 1.165) is 24.7 Å². The monoisotopic (exact) mass is 551 g/mol. The maximum absolute atomic E-state index is 13.1. The normalized spacial score (nSPS) is 21.9. The number of aliphatic hydroxyl groups is 1. The molecule has 2 aliphatic rings. The number of aromatic amines is 1. The Bertz CT molecular complexity index is 1640. The molecule has 4 aromatic heterocycles. The Balaban J connectivity index is 1.41. The Hall–Kier alpha value is -3.91. The van der Waals surface area contributed by atoms with Gasteiger partial charge < -0.3 is 20.7 Å². The van der Waals surface area contributed by atoms with Crippen molar-refractivity contribution in [2.75, 3.05) is 12.0 Å². The van der Waals surface area contributed by atoms with E-state index in [1.165, 1.54) is 10.8 Å². The number of amides is 1. The molecule has 2 bridgehead atoms. The summed E-state index contributed by atoms with van der Waals surface area (Å²) in [6, 6.07) is 3.42. The average molecular weight is 552 g/mol. The fourth-order valence-corrected chi connectivity index (χ4v) is 7.07. The Morgan fingerprint density at radius 1 is 1.23 bits per heavy atom. The van der Waals surface area contributed by atoms with Crippen molar-refractivity contribution in [1.82, 2.24) is 39.7 Å². The molecule has 4 aromatic rings. The molecule has 1 unspecified atom stereocenters. The minimum absolute atomic E-state index is 0.00208. The van der Waals surface area contributed by atoms with E-state index >= 15 is 0 Å². The largest absolute Gasteiger partial charge is 0.387 e. The number of hydrogen-bond donors (Lipinski definition) is 3. The first-order chi connectivity index (χ1) is 18.7. The SMILES string of the molecule is CCC(O)c1ccc(-c2cnn3c(N)c(S(C)(=O)=O)c([C@H]4C[C@H]5CC[C@@H](C4)N5C(=O)c4nnc[nH]4)nc23)cn1. The van der Waals surface area contributed by atoms with E-state index in [0.29, 0.717) is 41.9 Å². The molecule has 13 nitrogen and oxygen atoms in total. The number of pyridine rings is 1. The molecule has 6 rings (SSSR count). The molecule has 2 aliphatic heterocycles. The Kier molecular flexibility index (Phi) is 6.10. The number of sulfone groups is 1. The zero-order valence-corrected chi connectivity index (χ0v) is 22.3. The Labute approximate surface area is 224 Å². The van der Waals surface area contributed by atoms with E-state index in [2.05, 4.69) is 25.3 Å². The lowest BCUT2D eigenvalue weighted by atomic mass is 9.87. The summed E-state index contributed by atoms with van der Waals surface area (Å²) < 4.78 is 27.3. The Morgan fingerprint density at radius 2 is 1.97 bits per heavy atom. The third kappa shape index (κ3) is 4.23. The molecule has 4 N–H and O–H groups in total. The van der Waals surface area contributed by atoms with Crippen LogP contribution in [-0.2, 0) is 9.84 Å². The van der Waals surface area contributed by atoms with Crippen molar-refractivity contribution in [3.63, 3.8) is 0 Å². The summed E-state index contributed by atoms with van der Waals surface area (Å²) in [6.07, 6.45) is 8.34. The van der Waals surface area contributed by atoms with Crippen molar-refractivity contribution in [3.8, 4) is 11.1 Å². The molecule has 39 heavy (non-hydrogen) atoms. The Morgan fingerprint density at radius 3 is 2.56 bits per heavy atom. The van der Waals surface area contributed by atoms with Gasteiger partial charge in [0.05, 0.1) is 23.7 Å². The highest BCUT2D eigenvalue weighted by Gasteiger charge is 2.46. The molecule has 204 valence electrons. The highest BCUT2D eigenvalue weighted by molar-refractivity contribution is 7.91. The van der Waals surface area contributed by atoms with Crippen molar-refractivity contribution in [2.24, 2.45) is 0 Å². The van der Waals surface area contributed by atoms with Gasteiger partial charge >= 0.3 is 0 Å². The molecule has 4 atom stereocenters. The number of nitrogen functional groups attached to an aromatic ring is 1. The number of nitrogens with one attached hydrogen (secondary N) is 1. The first kappa shape index (κ1) is 25.4. The van der Waals surface area contributed by atoms with Crippen LogP contribution in [0.3, 0.4) is 0 Å². The number of rotatable bonds is 6. The summed E-state index contributed by atoms with van der Waals surface area (Å²) in [6.45, 7) is 1.87. The van der Waals surface area contributed by atoms with E-state index < -0.39 is 15.9 Å². The number of nitrogens with zero attached hydrogens (tertiary/aromatic N) is 7. The number of aromatic nitrogens is 7. The summed E-state index contributed by atoms with van der Waals surface area (Å²) >= 11 is 0. The van der Waals surface area contributed by atoms with Gasteiger partial charge in [-0.1, -0.05) is 13.0 Å². The summed E-state index contributed by atoms with van der Waals surface area (Å²) in [7, 11) is -3.75. The fraction of sp³-hybridized carbons (Fsp3) is 0.440. The number of carbonyl (C=O) groups is 1. The number of aliphatic hydroxyl groups excluding tert-OH is 1. The second kappa shape index (κ2) is 9.38. The van der Waals surface area contributed by atoms with E-state index in [1.807, 2.05) is 17.9 Å². The van der Waals surface area contributed by atoms with Gasteiger partial charge in [-0.15, -0.1) is 10.2 Å². The molecule has 14 heteroatoms. The molecule has 1 amide bonds. The quantitative estimate of drug-likeness (QED) is 0.319. The van der Waals surface area contributed by atoms with Crippen molar-refractivity contribution in [1.29, 1.82) is 0 Å². The third-order valence-electron chi connectivity index (χ3n) is 7.83. The number of hydrogen-bond acceptors (Lipinski definition) is 10. The van der Waals surface area contributed by atoms with Crippen LogP contribution in [0.25, 0.3) is 16.8 Å². The van der Waals surface area contributed by atoms with E-state index in [9.17, 15) is 18.3 Å². The van der Waals surface area contributed by atoms with Gasteiger partial charge in [0.25, 0.3) is 5.91 Å². The lowest BCUT2D eigenvalue weighted by Crippen LogP contribution is -2.46. The molecule has 2 saturated heterocycles. The van der Waals surface area contributed by atoms with E-state index in [4.69, 9.17) is 10.7 Å². The fourth-order valence-electron chi connectivity index (χ4n) is 6.01. The van der Waals surface area contributed by atoms with Crippen LogP contribution in [0.4, 0.5) is 5.82 Å². The molecule has 0 spiro atoms. The molecular formula is C25H29N9O4S. The van der Waals surface area contributed by atoms with Crippen molar-refractivity contribution in [3.05, 3.63) is 48.1 Å². The van der Waals surface area contributed by atoms with Crippen LogP contribution in [0.5, 0.6) is 0 Å². The van der Waals surface area contributed by atoms with Gasteiger partial charge in [0.2, 0.25) is 5.82 Å². The lowest BCUT2D eigenvalue weighted by molar-refractivity contribution is 0.0556. The van der Waals surface area contributed by atoms with Gasteiger partial charge in [0.1, 0.15) is 17.0 Å². The smallest absolute Gasteiger partial charge is 0.292 e. The predicted molar refractivity (Wildman–Crippen MR) is 140 cm³/mol. The van der Waals surface area contributed by atoms with Crippen LogP contribution in [0.2, 0.25) is 0 Å². The van der Waals surface area contributed by atoms with Crippen LogP contribution in [0, 0.1) is 0 Å². The van der Waals surface area contributed by atoms with Gasteiger partial charge in [-0.05, 0) is 38.2 Å². The summed E-state index contributed by atoms with van der Waals surface area (Å²) in [5, 5.41) is 22.1. The highest BCUT2D eigenvalue weighted by atomic mass is 32.2. The number of anilines is 1. The second-order valence-corrected chi connectivity index (χ2v) is 12.2. The third-order valence-corrected chi connectivity index (χ3v) is 8.99. The zero-order chi connectivity index (χ0) is 27.5. The minimum Gasteiger partial charge on any atom is -0.387 e. The first-order valence-electron chi connectivity index (χ1n) is 12.9. The van der Waals surface area contributed by atoms with E-state index in [-0.39, 0.29) is 40.4 Å². The number of piperidine rings is 1. The molecule has 6 heterocycles. The van der Waals surface area contributed by atoms with Gasteiger partial charge in [0.15, 0.2) is 15.5 Å².